The predicted octanol–water partition coefficient (Wildman–Crippen LogP) is 1.76. The summed E-state index contributed by atoms with van der Waals surface area (Å²) >= 11 is 0. The molecule has 1 aromatic carbocycles. The Morgan fingerprint density at radius 1 is 1.35 bits per heavy atom. The highest BCUT2D eigenvalue weighted by Gasteiger charge is 2.40. The molecule has 0 aromatic heterocycles. The van der Waals surface area contributed by atoms with E-state index in [4.69, 9.17) is 9.47 Å². The fourth-order valence-corrected chi connectivity index (χ4v) is 2.16. The second-order valence-corrected chi connectivity index (χ2v) is 4.97. The molecule has 1 saturated heterocycles. The van der Waals surface area contributed by atoms with Gasteiger partial charge in [0, 0.05) is 6.04 Å². The number of nitrogens with one attached hydrogen (secondary N) is 1. The lowest BCUT2D eigenvalue weighted by molar-refractivity contribution is 0.129. The molecule has 1 aromatic rings. The summed E-state index contributed by atoms with van der Waals surface area (Å²) in [6.45, 7) is 0.801. The van der Waals surface area contributed by atoms with Gasteiger partial charge >= 0.3 is 12.2 Å². The number of rotatable bonds is 4. The first-order chi connectivity index (χ1) is 9.72. The Balaban J connectivity index is 1.43. The van der Waals surface area contributed by atoms with Crippen molar-refractivity contribution in [2.75, 3.05) is 13.1 Å². The third-order valence-corrected chi connectivity index (χ3v) is 3.32. The maximum absolute atomic E-state index is 11.6. The van der Waals surface area contributed by atoms with Crippen molar-refractivity contribution in [3.8, 4) is 5.75 Å². The first-order valence-electron chi connectivity index (χ1n) is 6.70. The topological polar surface area (TPSA) is 67.9 Å². The molecule has 1 aliphatic carbocycles. The average molecular weight is 276 g/mol. The highest BCUT2D eigenvalue weighted by molar-refractivity contribution is 5.72. The van der Waals surface area contributed by atoms with Gasteiger partial charge in [0.2, 0.25) is 0 Å². The molecule has 1 N–H and O–H groups in total. The van der Waals surface area contributed by atoms with Crippen LogP contribution in [0.3, 0.4) is 0 Å². The van der Waals surface area contributed by atoms with Crippen LogP contribution in [-0.4, -0.2) is 42.3 Å². The Bertz CT molecular complexity index is 501. The summed E-state index contributed by atoms with van der Waals surface area (Å²) in [5.74, 6) is 0.480. The number of hydrogen-bond acceptors (Lipinski definition) is 4. The Morgan fingerprint density at radius 3 is 2.80 bits per heavy atom. The predicted molar refractivity (Wildman–Crippen MR) is 70.5 cm³/mol. The average Bonchev–Trinajstić information content (AvgIpc) is 3.21. The standard InChI is InChI=1S/C14H16N2O4/c17-13(19-11-4-2-1-3-5-11)15-8-12-9-16(10-6-7-10)14(18)20-12/h1-5,10,12H,6-9H2,(H,15,17). The zero-order valence-corrected chi connectivity index (χ0v) is 11.0. The quantitative estimate of drug-likeness (QED) is 0.909. The first-order valence-corrected chi connectivity index (χ1v) is 6.70. The number of ether oxygens (including phenoxy) is 2. The summed E-state index contributed by atoms with van der Waals surface area (Å²) < 4.78 is 10.3. The minimum Gasteiger partial charge on any atom is -0.442 e. The van der Waals surface area contributed by atoms with Gasteiger partial charge in [0.25, 0.3) is 0 Å². The fourth-order valence-electron chi connectivity index (χ4n) is 2.16. The van der Waals surface area contributed by atoms with Crippen LogP contribution in [0.4, 0.5) is 9.59 Å². The summed E-state index contributed by atoms with van der Waals surface area (Å²) in [6.07, 6.45) is 0.968. The number of carbonyl (C=O) groups is 2. The Labute approximate surface area is 116 Å². The van der Waals surface area contributed by atoms with Gasteiger partial charge in [0.05, 0.1) is 13.1 Å². The van der Waals surface area contributed by atoms with E-state index in [0.717, 1.165) is 12.8 Å². The van der Waals surface area contributed by atoms with Crippen molar-refractivity contribution in [1.82, 2.24) is 10.2 Å². The lowest BCUT2D eigenvalue weighted by Crippen LogP contribution is -2.36. The first kappa shape index (κ1) is 12.8. The lowest BCUT2D eigenvalue weighted by atomic mass is 10.3. The smallest absolute Gasteiger partial charge is 0.412 e. The SMILES string of the molecule is O=C(NCC1CN(C2CC2)C(=O)O1)Oc1ccccc1. The van der Waals surface area contributed by atoms with Crippen molar-refractivity contribution in [2.24, 2.45) is 0 Å². The number of benzene rings is 1. The zero-order chi connectivity index (χ0) is 13.9. The normalized spacial score (nSPS) is 21.5. The van der Waals surface area contributed by atoms with E-state index in [1.807, 2.05) is 6.07 Å². The van der Waals surface area contributed by atoms with Gasteiger partial charge in [-0.2, -0.15) is 0 Å². The second-order valence-electron chi connectivity index (χ2n) is 4.97. The Kier molecular flexibility index (Phi) is 3.45. The highest BCUT2D eigenvalue weighted by atomic mass is 16.6. The monoisotopic (exact) mass is 276 g/mol. The minimum absolute atomic E-state index is 0.265. The second kappa shape index (κ2) is 5.40. The molecule has 0 bridgehead atoms. The molecule has 3 rings (SSSR count). The van der Waals surface area contributed by atoms with Crippen molar-refractivity contribution in [3.63, 3.8) is 0 Å². The van der Waals surface area contributed by atoms with Crippen LogP contribution in [0.5, 0.6) is 5.75 Å². The van der Waals surface area contributed by atoms with E-state index in [2.05, 4.69) is 5.32 Å². The van der Waals surface area contributed by atoms with E-state index >= 15 is 0 Å². The van der Waals surface area contributed by atoms with Gasteiger partial charge in [-0.3, -0.25) is 0 Å². The van der Waals surface area contributed by atoms with Gasteiger partial charge in [0.1, 0.15) is 11.9 Å². The Hall–Kier alpha value is -2.24. The largest absolute Gasteiger partial charge is 0.442 e. The van der Waals surface area contributed by atoms with E-state index in [1.54, 1.807) is 29.2 Å². The highest BCUT2D eigenvalue weighted by Crippen LogP contribution is 2.30. The summed E-state index contributed by atoms with van der Waals surface area (Å²) in [4.78, 5) is 24.9. The number of carbonyl (C=O) groups excluding carboxylic acids is 2. The van der Waals surface area contributed by atoms with Crippen molar-refractivity contribution >= 4 is 12.2 Å². The third-order valence-electron chi connectivity index (χ3n) is 3.32. The number of amides is 2. The molecule has 6 heteroatoms. The van der Waals surface area contributed by atoms with Crippen LogP contribution in [0.1, 0.15) is 12.8 Å². The molecular formula is C14H16N2O4. The van der Waals surface area contributed by atoms with Crippen LogP contribution in [0, 0.1) is 0 Å². The number of para-hydroxylation sites is 1. The van der Waals surface area contributed by atoms with Gasteiger partial charge in [-0.1, -0.05) is 18.2 Å². The molecule has 1 unspecified atom stereocenters. The minimum atomic E-state index is -0.544. The summed E-state index contributed by atoms with van der Waals surface area (Å²) in [5.41, 5.74) is 0. The van der Waals surface area contributed by atoms with Crippen LogP contribution >= 0.6 is 0 Å². The van der Waals surface area contributed by atoms with E-state index in [0.29, 0.717) is 18.3 Å². The van der Waals surface area contributed by atoms with Crippen LogP contribution < -0.4 is 10.1 Å². The molecule has 6 nitrogen and oxygen atoms in total. The Morgan fingerprint density at radius 2 is 2.10 bits per heavy atom. The molecule has 2 fully saturated rings. The molecule has 0 radical (unpaired) electrons. The molecule has 1 heterocycles. The molecular weight excluding hydrogens is 260 g/mol. The molecule has 1 saturated carbocycles. The molecule has 20 heavy (non-hydrogen) atoms. The molecule has 2 aliphatic rings. The van der Waals surface area contributed by atoms with Crippen LogP contribution in [-0.2, 0) is 4.74 Å². The van der Waals surface area contributed by atoms with Gasteiger partial charge in [-0.05, 0) is 25.0 Å². The third kappa shape index (κ3) is 3.01. The van der Waals surface area contributed by atoms with E-state index in [-0.39, 0.29) is 18.7 Å². The number of nitrogens with zero attached hydrogens (tertiary/aromatic N) is 1. The molecule has 1 aliphatic heterocycles. The molecule has 106 valence electrons. The van der Waals surface area contributed by atoms with Crippen LogP contribution in [0.15, 0.2) is 30.3 Å². The number of cyclic esters (lactones) is 1. The van der Waals surface area contributed by atoms with Crippen molar-refractivity contribution in [1.29, 1.82) is 0 Å². The van der Waals surface area contributed by atoms with E-state index in [9.17, 15) is 9.59 Å². The van der Waals surface area contributed by atoms with Gasteiger partial charge in [0.15, 0.2) is 0 Å². The van der Waals surface area contributed by atoms with Crippen molar-refractivity contribution in [2.45, 2.75) is 25.0 Å². The summed E-state index contributed by atoms with van der Waals surface area (Å²) in [5, 5.41) is 2.61. The van der Waals surface area contributed by atoms with Crippen LogP contribution in [0.2, 0.25) is 0 Å². The summed E-state index contributed by atoms with van der Waals surface area (Å²) in [6, 6.07) is 9.15. The van der Waals surface area contributed by atoms with Gasteiger partial charge in [-0.15, -0.1) is 0 Å². The summed E-state index contributed by atoms with van der Waals surface area (Å²) in [7, 11) is 0. The van der Waals surface area contributed by atoms with Gasteiger partial charge < -0.3 is 19.7 Å². The van der Waals surface area contributed by atoms with Crippen molar-refractivity contribution < 1.29 is 19.1 Å². The fraction of sp³-hybridized carbons (Fsp3) is 0.429. The zero-order valence-electron chi connectivity index (χ0n) is 11.0. The van der Waals surface area contributed by atoms with Crippen LogP contribution in [0.25, 0.3) is 0 Å². The van der Waals surface area contributed by atoms with E-state index in [1.165, 1.54) is 0 Å². The van der Waals surface area contributed by atoms with E-state index < -0.39 is 6.09 Å². The van der Waals surface area contributed by atoms with Crippen molar-refractivity contribution in [3.05, 3.63) is 30.3 Å². The maximum Gasteiger partial charge on any atom is 0.412 e. The number of hydrogen-bond donors (Lipinski definition) is 1. The molecule has 0 spiro atoms. The molecule has 1 atom stereocenters. The maximum atomic E-state index is 11.6. The lowest BCUT2D eigenvalue weighted by Gasteiger charge is -2.11. The van der Waals surface area contributed by atoms with Gasteiger partial charge in [-0.25, -0.2) is 9.59 Å². The molecule has 2 amide bonds.